The number of amides is 3. The molecular weight excluding hydrogens is 386 g/mol. The highest BCUT2D eigenvalue weighted by molar-refractivity contribution is 5.92. The Hall–Kier alpha value is -3.60. The fourth-order valence-corrected chi connectivity index (χ4v) is 3.82. The molecule has 0 saturated carbocycles. The van der Waals surface area contributed by atoms with Crippen LogP contribution in [-0.4, -0.2) is 34.8 Å². The first-order valence-corrected chi connectivity index (χ1v) is 10.6. The van der Waals surface area contributed by atoms with Crippen molar-refractivity contribution in [2.75, 3.05) is 18.4 Å². The Labute approximate surface area is 183 Å². The van der Waals surface area contributed by atoms with Crippen molar-refractivity contribution < 1.29 is 9.59 Å². The standard InChI is InChI=1S/C26H27N3O2/c1-20-7-5-6-10-23(20)19-29-16-15-28(26(29)31)18-22-11-13-24(14-12-22)27-25(30)17-21-8-3-2-4-9-21/h2-14H,15-19H2,1H3,(H,27,30). The van der Waals surface area contributed by atoms with Gasteiger partial charge in [0.05, 0.1) is 6.42 Å². The van der Waals surface area contributed by atoms with Crippen molar-refractivity contribution in [2.24, 2.45) is 0 Å². The number of carbonyl (C=O) groups excluding carboxylic acids is 2. The van der Waals surface area contributed by atoms with Gasteiger partial charge in [0.2, 0.25) is 5.91 Å². The number of benzene rings is 3. The minimum Gasteiger partial charge on any atom is -0.326 e. The first-order valence-electron chi connectivity index (χ1n) is 10.6. The van der Waals surface area contributed by atoms with E-state index in [2.05, 4.69) is 24.4 Å². The third-order valence-electron chi connectivity index (χ3n) is 5.62. The summed E-state index contributed by atoms with van der Waals surface area (Å²) in [4.78, 5) is 28.8. The molecule has 0 aromatic heterocycles. The molecule has 1 heterocycles. The van der Waals surface area contributed by atoms with Gasteiger partial charge in [0, 0.05) is 31.9 Å². The monoisotopic (exact) mass is 413 g/mol. The van der Waals surface area contributed by atoms with Crippen molar-refractivity contribution in [1.82, 2.24) is 9.80 Å². The number of hydrogen-bond acceptors (Lipinski definition) is 2. The second-order valence-corrected chi connectivity index (χ2v) is 7.96. The molecule has 5 nitrogen and oxygen atoms in total. The summed E-state index contributed by atoms with van der Waals surface area (Å²) in [6.07, 6.45) is 0.349. The van der Waals surface area contributed by atoms with Crippen LogP contribution in [0.15, 0.2) is 78.9 Å². The van der Waals surface area contributed by atoms with Gasteiger partial charge in [-0.2, -0.15) is 0 Å². The van der Waals surface area contributed by atoms with Gasteiger partial charge in [-0.25, -0.2) is 4.79 Å². The number of urea groups is 1. The van der Waals surface area contributed by atoms with Crippen molar-refractivity contribution in [1.29, 1.82) is 0 Å². The molecule has 1 aliphatic rings. The van der Waals surface area contributed by atoms with Crippen LogP contribution >= 0.6 is 0 Å². The van der Waals surface area contributed by atoms with Gasteiger partial charge in [0.25, 0.3) is 0 Å². The smallest absolute Gasteiger partial charge is 0.320 e. The third-order valence-corrected chi connectivity index (χ3v) is 5.62. The van der Waals surface area contributed by atoms with Crippen LogP contribution in [0.25, 0.3) is 0 Å². The second-order valence-electron chi connectivity index (χ2n) is 7.96. The quantitative estimate of drug-likeness (QED) is 0.615. The number of anilines is 1. The van der Waals surface area contributed by atoms with Gasteiger partial charge in [-0.1, -0.05) is 66.7 Å². The van der Waals surface area contributed by atoms with Gasteiger partial charge < -0.3 is 15.1 Å². The van der Waals surface area contributed by atoms with Crippen LogP contribution < -0.4 is 5.32 Å². The summed E-state index contributed by atoms with van der Waals surface area (Å²) in [5.41, 5.74) is 5.19. The number of nitrogens with one attached hydrogen (secondary N) is 1. The van der Waals surface area contributed by atoms with Crippen molar-refractivity contribution in [3.63, 3.8) is 0 Å². The van der Waals surface area contributed by atoms with Crippen LogP contribution in [-0.2, 0) is 24.3 Å². The van der Waals surface area contributed by atoms with Crippen LogP contribution in [0.4, 0.5) is 10.5 Å². The zero-order chi connectivity index (χ0) is 21.6. The van der Waals surface area contributed by atoms with E-state index in [9.17, 15) is 9.59 Å². The van der Waals surface area contributed by atoms with Gasteiger partial charge in [-0.3, -0.25) is 4.79 Å². The highest BCUT2D eigenvalue weighted by Gasteiger charge is 2.28. The molecule has 5 heteroatoms. The summed E-state index contributed by atoms with van der Waals surface area (Å²) >= 11 is 0. The van der Waals surface area contributed by atoms with E-state index in [1.165, 1.54) is 11.1 Å². The van der Waals surface area contributed by atoms with Crippen molar-refractivity contribution >= 4 is 17.6 Å². The molecule has 0 spiro atoms. The lowest BCUT2D eigenvalue weighted by Gasteiger charge is -2.19. The lowest BCUT2D eigenvalue weighted by atomic mass is 10.1. The predicted molar refractivity (Wildman–Crippen MR) is 123 cm³/mol. The predicted octanol–water partition coefficient (Wildman–Crippen LogP) is 4.61. The van der Waals surface area contributed by atoms with Crippen LogP contribution in [0, 0.1) is 6.92 Å². The number of rotatable bonds is 7. The number of carbonyl (C=O) groups is 2. The van der Waals surface area contributed by atoms with Crippen LogP contribution in [0.5, 0.6) is 0 Å². The number of aryl methyl sites for hydroxylation is 1. The van der Waals surface area contributed by atoms with E-state index >= 15 is 0 Å². The zero-order valence-corrected chi connectivity index (χ0v) is 17.8. The first-order chi connectivity index (χ1) is 15.1. The van der Waals surface area contributed by atoms with E-state index in [-0.39, 0.29) is 11.9 Å². The summed E-state index contributed by atoms with van der Waals surface area (Å²) < 4.78 is 0. The average molecular weight is 414 g/mol. The molecule has 3 aromatic rings. The van der Waals surface area contributed by atoms with Gasteiger partial charge >= 0.3 is 6.03 Å². The van der Waals surface area contributed by atoms with E-state index < -0.39 is 0 Å². The molecule has 0 aliphatic carbocycles. The fourth-order valence-electron chi connectivity index (χ4n) is 3.82. The molecule has 0 bridgehead atoms. The largest absolute Gasteiger partial charge is 0.326 e. The van der Waals surface area contributed by atoms with Crippen molar-refractivity contribution in [2.45, 2.75) is 26.4 Å². The van der Waals surface area contributed by atoms with Gasteiger partial charge in [-0.15, -0.1) is 0 Å². The van der Waals surface area contributed by atoms with E-state index in [1.807, 2.05) is 76.5 Å². The van der Waals surface area contributed by atoms with Gasteiger partial charge in [0.1, 0.15) is 0 Å². The Kier molecular flexibility index (Phi) is 6.32. The highest BCUT2D eigenvalue weighted by Crippen LogP contribution is 2.19. The molecular formula is C26H27N3O2. The van der Waals surface area contributed by atoms with E-state index in [1.54, 1.807) is 0 Å². The second kappa shape index (κ2) is 9.47. The molecule has 0 unspecified atom stereocenters. The molecule has 3 amide bonds. The Morgan fingerprint density at radius 1 is 0.806 bits per heavy atom. The van der Waals surface area contributed by atoms with Crippen LogP contribution in [0.3, 0.4) is 0 Å². The first kappa shape index (κ1) is 20.7. The molecule has 31 heavy (non-hydrogen) atoms. The molecule has 1 saturated heterocycles. The number of nitrogens with zero attached hydrogens (tertiary/aromatic N) is 2. The van der Waals surface area contributed by atoms with E-state index in [0.29, 0.717) is 19.5 Å². The SMILES string of the molecule is Cc1ccccc1CN1CCN(Cc2ccc(NC(=O)Cc3ccccc3)cc2)C1=O. The Morgan fingerprint density at radius 3 is 2.16 bits per heavy atom. The van der Waals surface area contributed by atoms with Crippen LogP contribution in [0.2, 0.25) is 0 Å². The normalized spacial score (nSPS) is 13.5. The summed E-state index contributed by atoms with van der Waals surface area (Å²) in [5.74, 6) is -0.0412. The summed E-state index contributed by atoms with van der Waals surface area (Å²) in [7, 11) is 0. The van der Waals surface area contributed by atoms with Gasteiger partial charge in [-0.05, 0) is 41.3 Å². The maximum Gasteiger partial charge on any atom is 0.320 e. The highest BCUT2D eigenvalue weighted by atomic mass is 16.2. The molecule has 1 N–H and O–H groups in total. The summed E-state index contributed by atoms with van der Waals surface area (Å²) in [5, 5.41) is 2.93. The molecule has 3 aromatic carbocycles. The van der Waals surface area contributed by atoms with Crippen molar-refractivity contribution in [3.05, 3.63) is 101 Å². The Morgan fingerprint density at radius 2 is 1.45 bits per heavy atom. The summed E-state index contributed by atoms with van der Waals surface area (Å²) in [6.45, 7) is 4.75. The zero-order valence-electron chi connectivity index (χ0n) is 17.8. The Bertz CT molecular complexity index is 1050. The maximum absolute atomic E-state index is 12.8. The minimum absolute atomic E-state index is 0.0412. The molecule has 1 aliphatic heterocycles. The van der Waals surface area contributed by atoms with E-state index in [0.717, 1.165) is 29.9 Å². The summed E-state index contributed by atoms with van der Waals surface area (Å²) in [6, 6.07) is 25.7. The average Bonchev–Trinajstić information content (AvgIpc) is 3.11. The molecule has 158 valence electrons. The molecule has 0 radical (unpaired) electrons. The minimum atomic E-state index is -0.0412. The van der Waals surface area contributed by atoms with Crippen LogP contribution in [0.1, 0.15) is 22.3 Å². The van der Waals surface area contributed by atoms with Crippen molar-refractivity contribution in [3.8, 4) is 0 Å². The lowest BCUT2D eigenvalue weighted by molar-refractivity contribution is -0.115. The maximum atomic E-state index is 12.8. The fraction of sp³-hybridized carbons (Fsp3) is 0.231. The lowest BCUT2D eigenvalue weighted by Crippen LogP contribution is -2.31. The topological polar surface area (TPSA) is 52.6 Å². The molecule has 0 atom stereocenters. The third kappa shape index (κ3) is 5.31. The Balaban J connectivity index is 1.30. The number of hydrogen-bond donors (Lipinski definition) is 1. The molecule has 4 rings (SSSR count). The van der Waals surface area contributed by atoms with E-state index in [4.69, 9.17) is 0 Å². The molecule has 1 fully saturated rings. The van der Waals surface area contributed by atoms with Gasteiger partial charge in [0.15, 0.2) is 0 Å².